The van der Waals surface area contributed by atoms with Crippen LogP contribution >= 0.6 is 0 Å². The number of carbonyl (C=O) groups excluding carboxylic acids is 1. The predicted octanol–water partition coefficient (Wildman–Crippen LogP) is 1.94. The molecular formula is C17H23N3O2. The maximum absolute atomic E-state index is 12.1. The zero-order valence-electron chi connectivity index (χ0n) is 13.4. The number of nitrogens with one attached hydrogen (secondary N) is 1. The van der Waals surface area contributed by atoms with E-state index < -0.39 is 5.54 Å². The molecule has 0 bridgehead atoms. The molecule has 1 atom stereocenters. The average molecular weight is 301 g/mol. The maximum atomic E-state index is 12.1. The number of methoxy groups -OCH3 is 1. The SMILES string of the molecule is COc1ccc(CN(C)CC(=O)N[C@](C)(C#N)C2CC2)cc1. The zero-order valence-corrected chi connectivity index (χ0v) is 13.4. The molecule has 1 fully saturated rings. The Balaban J connectivity index is 1.84. The zero-order chi connectivity index (χ0) is 16.2. The van der Waals surface area contributed by atoms with Gasteiger partial charge in [-0.3, -0.25) is 9.69 Å². The first-order valence-electron chi connectivity index (χ1n) is 7.50. The molecule has 1 amide bonds. The molecule has 5 nitrogen and oxygen atoms in total. The number of hydrogen-bond donors (Lipinski definition) is 1. The number of benzene rings is 1. The van der Waals surface area contributed by atoms with Gasteiger partial charge in [-0.25, -0.2) is 0 Å². The topological polar surface area (TPSA) is 65.4 Å². The second kappa shape index (κ2) is 6.80. The summed E-state index contributed by atoms with van der Waals surface area (Å²) >= 11 is 0. The van der Waals surface area contributed by atoms with E-state index in [-0.39, 0.29) is 12.5 Å². The summed E-state index contributed by atoms with van der Waals surface area (Å²) in [6.45, 7) is 2.76. The maximum Gasteiger partial charge on any atom is 0.235 e. The van der Waals surface area contributed by atoms with Crippen LogP contribution in [-0.4, -0.2) is 37.0 Å². The largest absolute Gasteiger partial charge is 0.497 e. The van der Waals surface area contributed by atoms with Gasteiger partial charge in [-0.05, 0) is 50.4 Å². The molecule has 0 saturated heterocycles. The summed E-state index contributed by atoms with van der Waals surface area (Å²) in [5.74, 6) is 1.01. The van der Waals surface area contributed by atoms with Crippen LogP contribution in [0.1, 0.15) is 25.3 Å². The van der Waals surface area contributed by atoms with Crippen molar-refractivity contribution in [2.24, 2.45) is 5.92 Å². The lowest BCUT2D eigenvalue weighted by molar-refractivity contribution is -0.123. The molecule has 2 rings (SSSR count). The van der Waals surface area contributed by atoms with Crippen LogP contribution in [0, 0.1) is 17.2 Å². The monoisotopic (exact) mass is 301 g/mol. The van der Waals surface area contributed by atoms with Gasteiger partial charge in [0.1, 0.15) is 11.3 Å². The van der Waals surface area contributed by atoms with E-state index in [0.29, 0.717) is 12.5 Å². The molecule has 1 aliphatic carbocycles. The molecule has 1 aromatic carbocycles. The highest BCUT2D eigenvalue weighted by Crippen LogP contribution is 2.39. The molecule has 1 aromatic rings. The van der Waals surface area contributed by atoms with E-state index in [4.69, 9.17) is 4.74 Å². The summed E-state index contributed by atoms with van der Waals surface area (Å²) in [6, 6.07) is 10.0. The van der Waals surface area contributed by atoms with Crippen LogP contribution < -0.4 is 10.1 Å². The van der Waals surface area contributed by atoms with Gasteiger partial charge in [-0.1, -0.05) is 12.1 Å². The fourth-order valence-corrected chi connectivity index (χ4v) is 2.55. The molecular weight excluding hydrogens is 278 g/mol. The lowest BCUT2D eigenvalue weighted by Crippen LogP contribution is -2.49. The predicted molar refractivity (Wildman–Crippen MR) is 84.2 cm³/mol. The lowest BCUT2D eigenvalue weighted by Gasteiger charge is -2.25. The first kappa shape index (κ1) is 16.3. The molecule has 1 N–H and O–H groups in total. The minimum atomic E-state index is -0.724. The molecule has 0 heterocycles. The minimum Gasteiger partial charge on any atom is -0.497 e. The van der Waals surface area contributed by atoms with E-state index in [2.05, 4.69) is 11.4 Å². The molecule has 0 unspecified atom stereocenters. The molecule has 5 heteroatoms. The second-order valence-electron chi connectivity index (χ2n) is 6.16. The van der Waals surface area contributed by atoms with Crippen molar-refractivity contribution in [1.29, 1.82) is 5.26 Å². The van der Waals surface area contributed by atoms with Crippen molar-refractivity contribution in [2.45, 2.75) is 31.8 Å². The van der Waals surface area contributed by atoms with Crippen LogP contribution in [0.4, 0.5) is 0 Å². The van der Waals surface area contributed by atoms with Gasteiger partial charge in [-0.15, -0.1) is 0 Å². The fourth-order valence-electron chi connectivity index (χ4n) is 2.55. The van der Waals surface area contributed by atoms with Crippen molar-refractivity contribution < 1.29 is 9.53 Å². The Morgan fingerprint density at radius 3 is 2.59 bits per heavy atom. The minimum absolute atomic E-state index is 0.105. The van der Waals surface area contributed by atoms with Crippen molar-refractivity contribution in [3.05, 3.63) is 29.8 Å². The van der Waals surface area contributed by atoms with Crippen molar-refractivity contribution in [3.63, 3.8) is 0 Å². The third-order valence-corrected chi connectivity index (χ3v) is 4.05. The summed E-state index contributed by atoms with van der Waals surface area (Å²) in [5, 5.41) is 12.2. The van der Waals surface area contributed by atoms with Gasteiger partial charge in [0.05, 0.1) is 19.7 Å². The molecule has 22 heavy (non-hydrogen) atoms. The first-order valence-corrected chi connectivity index (χ1v) is 7.50. The third-order valence-electron chi connectivity index (χ3n) is 4.05. The van der Waals surface area contributed by atoms with E-state index >= 15 is 0 Å². The quantitative estimate of drug-likeness (QED) is 0.836. The Hall–Kier alpha value is -2.06. The molecule has 118 valence electrons. The van der Waals surface area contributed by atoms with Crippen molar-refractivity contribution >= 4 is 5.91 Å². The van der Waals surface area contributed by atoms with E-state index in [1.54, 1.807) is 7.11 Å². The van der Waals surface area contributed by atoms with Crippen molar-refractivity contribution in [2.75, 3.05) is 20.7 Å². The Bertz CT molecular complexity index is 560. The number of carbonyl (C=O) groups is 1. The summed E-state index contributed by atoms with van der Waals surface area (Å²) in [7, 11) is 3.53. The van der Waals surface area contributed by atoms with Crippen LogP contribution in [0.3, 0.4) is 0 Å². The smallest absolute Gasteiger partial charge is 0.235 e. The lowest BCUT2D eigenvalue weighted by atomic mass is 9.98. The highest BCUT2D eigenvalue weighted by atomic mass is 16.5. The summed E-state index contributed by atoms with van der Waals surface area (Å²) < 4.78 is 5.13. The highest BCUT2D eigenvalue weighted by molar-refractivity contribution is 5.79. The second-order valence-corrected chi connectivity index (χ2v) is 6.16. The number of hydrogen-bond acceptors (Lipinski definition) is 4. The molecule has 0 radical (unpaired) electrons. The number of rotatable bonds is 7. The summed E-state index contributed by atoms with van der Waals surface area (Å²) in [5.41, 5.74) is 0.388. The molecule has 1 aliphatic rings. The van der Waals surface area contributed by atoms with E-state index in [1.807, 2.05) is 43.1 Å². The third kappa shape index (κ3) is 4.22. The Morgan fingerprint density at radius 1 is 1.45 bits per heavy atom. The van der Waals surface area contributed by atoms with Gasteiger partial charge in [0.15, 0.2) is 0 Å². The van der Waals surface area contributed by atoms with Gasteiger partial charge in [0.2, 0.25) is 5.91 Å². The Kier molecular flexibility index (Phi) is 5.04. The Labute approximate surface area is 131 Å². The van der Waals surface area contributed by atoms with Crippen LogP contribution in [0.25, 0.3) is 0 Å². The Morgan fingerprint density at radius 2 is 2.09 bits per heavy atom. The van der Waals surface area contributed by atoms with Crippen LogP contribution in [0.5, 0.6) is 5.75 Å². The molecule has 0 aliphatic heterocycles. The standard InChI is InChI=1S/C17H23N3O2/c1-17(12-18,14-6-7-14)19-16(21)11-20(2)10-13-4-8-15(22-3)9-5-13/h4-5,8-9,14H,6-7,10-11H2,1-3H3,(H,19,21)/t17-/m1/s1. The fraction of sp³-hybridized carbons (Fsp3) is 0.529. The van der Waals surface area contributed by atoms with Gasteiger partial charge in [-0.2, -0.15) is 5.26 Å². The summed E-state index contributed by atoms with van der Waals surface area (Å²) in [4.78, 5) is 14.1. The number of nitrogens with zero attached hydrogens (tertiary/aromatic N) is 2. The number of nitriles is 1. The van der Waals surface area contributed by atoms with E-state index in [0.717, 1.165) is 24.2 Å². The molecule has 1 saturated carbocycles. The van der Waals surface area contributed by atoms with Gasteiger partial charge in [0.25, 0.3) is 0 Å². The summed E-state index contributed by atoms with van der Waals surface area (Å²) in [6.07, 6.45) is 2.04. The van der Waals surface area contributed by atoms with Gasteiger partial charge in [0, 0.05) is 6.54 Å². The number of likely N-dealkylation sites (N-methyl/N-ethyl adjacent to an activating group) is 1. The first-order chi connectivity index (χ1) is 10.5. The van der Waals surface area contributed by atoms with Crippen molar-refractivity contribution in [1.82, 2.24) is 10.2 Å². The molecule has 0 aromatic heterocycles. The number of ether oxygens (including phenoxy) is 1. The van der Waals surface area contributed by atoms with Gasteiger partial charge < -0.3 is 10.1 Å². The van der Waals surface area contributed by atoms with E-state index in [1.165, 1.54) is 0 Å². The van der Waals surface area contributed by atoms with Crippen LogP contribution in [0.15, 0.2) is 24.3 Å². The number of amides is 1. The van der Waals surface area contributed by atoms with Gasteiger partial charge >= 0.3 is 0 Å². The average Bonchev–Trinajstić information content (AvgIpc) is 3.32. The van der Waals surface area contributed by atoms with Crippen LogP contribution in [0.2, 0.25) is 0 Å². The highest BCUT2D eigenvalue weighted by Gasteiger charge is 2.42. The normalized spacial score (nSPS) is 16.7. The van der Waals surface area contributed by atoms with Crippen molar-refractivity contribution in [3.8, 4) is 11.8 Å². The van der Waals surface area contributed by atoms with Crippen LogP contribution in [-0.2, 0) is 11.3 Å². The van der Waals surface area contributed by atoms with E-state index in [9.17, 15) is 10.1 Å². The molecule has 0 spiro atoms.